The van der Waals surface area contributed by atoms with Gasteiger partial charge in [-0.3, -0.25) is 9.52 Å². The van der Waals surface area contributed by atoms with Gasteiger partial charge in [0.1, 0.15) is 0 Å². The molecule has 5 nitrogen and oxygen atoms in total. The number of amides is 1. The number of benzene rings is 3. The van der Waals surface area contributed by atoms with Crippen LogP contribution in [0.2, 0.25) is 0 Å². The zero-order valence-corrected chi connectivity index (χ0v) is 17.9. The maximum Gasteiger partial charge on any atom is 0.261 e. The zero-order chi connectivity index (χ0) is 21.6. The summed E-state index contributed by atoms with van der Waals surface area (Å²) < 4.78 is 27.9. The molecule has 0 saturated heterocycles. The van der Waals surface area contributed by atoms with E-state index in [2.05, 4.69) is 22.2 Å². The van der Waals surface area contributed by atoms with Gasteiger partial charge in [0, 0.05) is 17.3 Å². The third-order valence-electron chi connectivity index (χ3n) is 4.80. The van der Waals surface area contributed by atoms with Gasteiger partial charge < -0.3 is 5.32 Å². The van der Waals surface area contributed by atoms with E-state index in [1.165, 1.54) is 17.7 Å². The number of hydrogen-bond acceptors (Lipinski definition) is 3. The molecular weight excluding hydrogens is 396 g/mol. The summed E-state index contributed by atoms with van der Waals surface area (Å²) in [6, 6.07) is 23.2. The summed E-state index contributed by atoms with van der Waals surface area (Å²) in [7, 11) is -3.79. The van der Waals surface area contributed by atoms with E-state index in [1.54, 1.807) is 24.3 Å². The standard InChI is InChI=1S/C24H26N2O3S/c1-18-11-15-22(16-12-18)26-30(28,29)23-10-6-9-21(17-23)24(27)25-19(2)13-14-20-7-4-3-5-8-20/h3-12,15-17,19,26H,13-14H2,1-2H3,(H,25,27). The number of hydrogen-bond donors (Lipinski definition) is 2. The first-order valence-electron chi connectivity index (χ1n) is 9.88. The predicted molar refractivity (Wildman–Crippen MR) is 120 cm³/mol. The van der Waals surface area contributed by atoms with Gasteiger partial charge in [-0.2, -0.15) is 0 Å². The number of anilines is 1. The Balaban J connectivity index is 1.64. The molecule has 1 atom stereocenters. The van der Waals surface area contributed by atoms with E-state index in [0.29, 0.717) is 11.3 Å². The number of nitrogens with one attached hydrogen (secondary N) is 2. The molecular formula is C24H26N2O3S. The third-order valence-corrected chi connectivity index (χ3v) is 6.18. The molecule has 0 heterocycles. The first kappa shape index (κ1) is 21.6. The predicted octanol–water partition coefficient (Wildman–Crippen LogP) is 4.55. The Kier molecular flexibility index (Phi) is 6.90. The van der Waals surface area contributed by atoms with Gasteiger partial charge in [-0.05, 0) is 62.6 Å². The van der Waals surface area contributed by atoms with Crippen molar-refractivity contribution in [2.75, 3.05) is 4.72 Å². The van der Waals surface area contributed by atoms with Crippen LogP contribution in [0.15, 0.2) is 83.8 Å². The molecule has 6 heteroatoms. The fourth-order valence-corrected chi connectivity index (χ4v) is 4.15. The molecule has 0 radical (unpaired) electrons. The van der Waals surface area contributed by atoms with E-state index in [9.17, 15) is 13.2 Å². The van der Waals surface area contributed by atoms with Gasteiger partial charge in [0.15, 0.2) is 0 Å². The Hall–Kier alpha value is -3.12. The van der Waals surface area contributed by atoms with Gasteiger partial charge in [0.2, 0.25) is 0 Å². The summed E-state index contributed by atoms with van der Waals surface area (Å²) >= 11 is 0. The van der Waals surface area contributed by atoms with E-state index < -0.39 is 10.0 Å². The average molecular weight is 423 g/mol. The molecule has 0 aliphatic carbocycles. The molecule has 156 valence electrons. The number of aryl methyl sites for hydroxylation is 2. The monoisotopic (exact) mass is 422 g/mol. The van der Waals surface area contributed by atoms with Gasteiger partial charge >= 0.3 is 0 Å². The highest BCUT2D eigenvalue weighted by Gasteiger charge is 2.17. The minimum absolute atomic E-state index is 0.0383. The molecule has 2 N–H and O–H groups in total. The maximum atomic E-state index is 12.7. The minimum atomic E-state index is -3.79. The fourth-order valence-electron chi connectivity index (χ4n) is 3.05. The van der Waals surface area contributed by atoms with Crippen LogP contribution in [0.3, 0.4) is 0 Å². The molecule has 1 unspecified atom stereocenters. The Morgan fingerprint density at radius 3 is 2.33 bits per heavy atom. The third kappa shape index (κ3) is 5.94. The number of rotatable bonds is 8. The Bertz CT molecular complexity index is 1090. The van der Waals surface area contributed by atoms with Gasteiger partial charge in [-0.15, -0.1) is 0 Å². The molecule has 0 spiro atoms. The Morgan fingerprint density at radius 2 is 1.63 bits per heavy atom. The number of carbonyl (C=O) groups excluding carboxylic acids is 1. The molecule has 0 aromatic heterocycles. The van der Waals surface area contributed by atoms with E-state index in [1.807, 2.05) is 44.2 Å². The second-order valence-electron chi connectivity index (χ2n) is 7.40. The van der Waals surface area contributed by atoms with Crippen LogP contribution in [-0.2, 0) is 16.4 Å². The van der Waals surface area contributed by atoms with E-state index >= 15 is 0 Å². The van der Waals surface area contributed by atoms with Crippen molar-refractivity contribution in [1.82, 2.24) is 5.32 Å². The summed E-state index contributed by atoms with van der Waals surface area (Å²) in [5.41, 5.74) is 3.05. The van der Waals surface area contributed by atoms with Crippen LogP contribution in [0, 0.1) is 6.92 Å². The summed E-state index contributed by atoms with van der Waals surface area (Å²) in [5, 5.41) is 2.95. The molecule has 0 aliphatic heterocycles. The van der Waals surface area contributed by atoms with Gasteiger partial charge in [0.25, 0.3) is 15.9 Å². The average Bonchev–Trinajstić information content (AvgIpc) is 2.74. The number of sulfonamides is 1. The summed E-state index contributed by atoms with van der Waals surface area (Å²) in [6.07, 6.45) is 1.65. The molecule has 3 rings (SSSR count). The first-order chi connectivity index (χ1) is 14.3. The SMILES string of the molecule is Cc1ccc(NS(=O)(=O)c2cccc(C(=O)NC(C)CCc3ccccc3)c2)cc1. The summed E-state index contributed by atoms with van der Waals surface area (Å²) in [6.45, 7) is 3.88. The van der Waals surface area contributed by atoms with Crippen molar-refractivity contribution in [3.63, 3.8) is 0 Å². The fraction of sp³-hybridized carbons (Fsp3) is 0.208. The highest BCUT2D eigenvalue weighted by Crippen LogP contribution is 2.18. The van der Waals surface area contributed by atoms with E-state index in [4.69, 9.17) is 0 Å². The van der Waals surface area contributed by atoms with Crippen molar-refractivity contribution in [3.8, 4) is 0 Å². The van der Waals surface area contributed by atoms with Crippen LogP contribution in [0.5, 0.6) is 0 Å². The lowest BCUT2D eigenvalue weighted by Crippen LogP contribution is -2.33. The molecule has 3 aromatic rings. The van der Waals surface area contributed by atoms with Crippen molar-refractivity contribution >= 4 is 21.6 Å². The van der Waals surface area contributed by atoms with Crippen LogP contribution >= 0.6 is 0 Å². The van der Waals surface area contributed by atoms with Gasteiger partial charge in [0.05, 0.1) is 4.90 Å². The molecule has 0 aliphatic rings. The summed E-state index contributed by atoms with van der Waals surface area (Å²) in [5.74, 6) is -0.289. The zero-order valence-electron chi connectivity index (χ0n) is 17.1. The maximum absolute atomic E-state index is 12.7. The highest BCUT2D eigenvalue weighted by atomic mass is 32.2. The molecule has 0 fully saturated rings. The lowest BCUT2D eigenvalue weighted by Gasteiger charge is -2.15. The van der Waals surface area contributed by atoms with Crippen molar-refractivity contribution in [1.29, 1.82) is 0 Å². The largest absolute Gasteiger partial charge is 0.350 e. The normalized spacial score (nSPS) is 12.2. The topological polar surface area (TPSA) is 75.3 Å². The Morgan fingerprint density at radius 1 is 0.933 bits per heavy atom. The second-order valence-corrected chi connectivity index (χ2v) is 9.08. The van der Waals surface area contributed by atoms with Crippen LogP contribution < -0.4 is 10.0 Å². The highest BCUT2D eigenvalue weighted by molar-refractivity contribution is 7.92. The molecule has 30 heavy (non-hydrogen) atoms. The van der Waals surface area contributed by atoms with Gasteiger partial charge in [-0.25, -0.2) is 8.42 Å². The van der Waals surface area contributed by atoms with Crippen LogP contribution in [0.25, 0.3) is 0 Å². The summed E-state index contributed by atoms with van der Waals surface area (Å²) in [4.78, 5) is 12.7. The smallest absolute Gasteiger partial charge is 0.261 e. The number of carbonyl (C=O) groups is 1. The lowest BCUT2D eigenvalue weighted by molar-refractivity contribution is 0.0938. The molecule has 1 amide bonds. The molecule has 3 aromatic carbocycles. The van der Waals surface area contributed by atoms with Crippen molar-refractivity contribution in [2.45, 2.75) is 37.6 Å². The van der Waals surface area contributed by atoms with E-state index in [0.717, 1.165) is 18.4 Å². The van der Waals surface area contributed by atoms with Crippen LogP contribution in [0.4, 0.5) is 5.69 Å². The van der Waals surface area contributed by atoms with Crippen molar-refractivity contribution < 1.29 is 13.2 Å². The van der Waals surface area contributed by atoms with Crippen molar-refractivity contribution in [3.05, 3.63) is 95.6 Å². The minimum Gasteiger partial charge on any atom is -0.350 e. The Labute approximate surface area is 178 Å². The molecule has 0 bridgehead atoms. The van der Waals surface area contributed by atoms with Gasteiger partial charge in [-0.1, -0.05) is 54.1 Å². The van der Waals surface area contributed by atoms with Crippen molar-refractivity contribution in [2.24, 2.45) is 0 Å². The van der Waals surface area contributed by atoms with Crippen LogP contribution in [0.1, 0.15) is 34.8 Å². The second kappa shape index (κ2) is 9.59. The van der Waals surface area contributed by atoms with E-state index in [-0.39, 0.29) is 16.8 Å². The van der Waals surface area contributed by atoms with Crippen LogP contribution in [-0.4, -0.2) is 20.4 Å². The molecule has 0 saturated carbocycles. The quantitative estimate of drug-likeness (QED) is 0.559. The lowest BCUT2D eigenvalue weighted by atomic mass is 10.1. The first-order valence-corrected chi connectivity index (χ1v) is 11.4.